The van der Waals surface area contributed by atoms with Crippen molar-refractivity contribution in [3.05, 3.63) is 84.7 Å². The van der Waals surface area contributed by atoms with E-state index in [0.29, 0.717) is 11.1 Å². The maximum Gasteiger partial charge on any atom is 0.250 e. The van der Waals surface area contributed by atoms with E-state index in [1.54, 1.807) is 6.07 Å². The molecule has 2 heterocycles. The van der Waals surface area contributed by atoms with Crippen LogP contribution >= 0.6 is 0 Å². The fourth-order valence-corrected chi connectivity index (χ4v) is 4.22. The highest BCUT2D eigenvalue weighted by Crippen LogP contribution is 2.29. The lowest BCUT2D eigenvalue weighted by Crippen LogP contribution is -2.26. The van der Waals surface area contributed by atoms with E-state index in [0.717, 1.165) is 30.7 Å². The Balaban J connectivity index is 1.36. The number of hydrogen-bond acceptors (Lipinski definition) is 5. The number of anilines is 2. The van der Waals surface area contributed by atoms with Crippen LogP contribution in [0, 0.1) is 0 Å². The van der Waals surface area contributed by atoms with Gasteiger partial charge in [-0.2, -0.15) is 0 Å². The Morgan fingerprint density at radius 3 is 2.61 bits per heavy atom. The number of fused-ring (bicyclic) bond motifs is 1. The van der Waals surface area contributed by atoms with Gasteiger partial charge < -0.3 is 16.0 Å². The minimum atomic E-state index is -0.486. The van der Waals surface area contributed by atoms with Gasteiger partial charge in [0.05, 0.1) is 11.1 Å². The summed E-state index contributed by atoms with van der Waals surface area (Å²) < 4.78 is 0. The molecule has 1 unspecified atom stereocenters. The summed E-state index contributed by atoms with van der Waals surface area (Å²) in [7, 11) is 0. The molecule has 0 bridgehead atoms. The summed E-state index contributed by atoms with van der Waals surface area (Å²) in [5.74, 6) is 0.249. The van der Waals surface area contributed by atoms with Crippen molar-refractivity contribution in [1.82, 2.24) is 9.97 Å². The molecule has 1 fully saturated rings. The van der Waals surface area contributed by atoms with Gasteiger partial charge in [-0.05, 0) is 41.8 Å². The molecule has 0 radical (unpaired) electrons. The van der Waals surface area contributed by atoms with Crippen molar-refractivity contribution in [3.8, 4) is 11.1 Å². The van der Waals surface area contributed by atoms with Crippen LogP contribution in [-0.2, 0) is 0 Å². The summed E-state index contributed by atoms with van der Waals surface area (Å²) in [6.07, 6.45) is 2.48. The van der Waals surface area contributed by atoms with Gasteiger partial charge in [0.25, 0.3) is 5.91 Å². The number of para-hydroxylation sites is 1. The van der Waals surface area contributed by atoms with Crippen LogP contribution in [0.1, 0.15) is 16.8 Å². The Bertz CT molecular complexity index is 1240. The van der Waals surface area contributed by atoms with Gasteiger partial charge >= 0.3 is 0 Å². The molecule has 0 spiro atoms. The molecule has 3 N–H and O–H groups in total. The fraction of sp³-hybridized carbons (Fsp3) is 0.160. The number of carbonyl (C=O) groups excluding carboxylic acids is 1. The average molecular weight is 409 g/mol. The summed E-state index contributed by atoms with van der Waals surface area (Å²) >= 11 is 0. The predicted molar refractivity (Wildman–Crippen MR) is 124 cm³/mol. The van der Waals surface area contributed by atoms with Crippen molar-refractivity contribution in [2.75, 3.05) is 23.3 Å². The number of carbonyl (C=O) groups is 1. The first-order valence-corrected chi connectivity index (χ1v) is 10.4. The second-order valence-electron chi connectivity index (χ2n) is 7.78. The SMILES string of the molecule is NC(=O)c1cccc2c(NC3CCN(c4cccc(-c5ccccc5)c4)C3)ncnc12. The second kappa shape index (κ2) is 8.07. The van der Waals surface area contributed by atoms with Crippen LogP contribution in [0.4, 0.5) is 11.5 Å². The topological polar surface area (TPSA) is 84.1 Å². The van der Waals surface area contributed by atoms with E-state index in [1.165, 1.54) is 23.1 Å². The van der Waals surface area contributed by atoms with Crippen molar-refractivity contribution in [3.63, 3.8) is 0 Å². The first kappa shape index (κ1) is 19.1. The minimum Gasteiger partial charge on any atom is -0.369 e. The van der Waals surface area contributed by atoms with Gasteiger partial charge in [0.2, 0.25) is 0 Å². The Morgan fingerprint density at radius 2 is 1.77 bits per heavy atom. The van der Waals surface area contributed by atoms with Crippen LogP contribution in [0.25, 0.3) is 22.0 Å². The van der Waals surface area contributed by atoms with Gasteiger partial charge in [-0.15, -0.1) is 0 Å². The normalized spacial score (nSPS) is 15.9. The lowest BCUT2D eigenvalue weighted by atomic mass is 10.1. The Hall–Kier alpha value is -3.93. The number of benzene rings is 3. The molecular weight excluding hydrogens is 386 g/mol. The Labute approximate surface area is 180 Å². The molecule has 5 rings (SSSR count). The van der Waals surface area contributed by atoms with Crippen molar-refractivity contribution in [2.24, 2.45) is 5.73 Å². The van der Waals surface area contributed by atoms with Crippen LogP contribution in [0.2, 0.25) is 0 Å². The second-order valence-corrected chi connectivity index (χ2v) is 7.78. The maximum atomic E-state index is 11.7. The average Bonchev–Trinajstić information content (AvgIpc) is 3.28. The molecule has 31 heavy (non-hydrogen) atoms. The third-order valence-corrected chi connectivity index (χ3v) is 5.78. The first-order chi connectivity index (χ1) is 15.2. The molecule has 4 aromatic rings. The fourth-order valence-electron chi connectivity index (χ4n) is 4.22. The Kier molecular flexibility index (Phi) is 4.96. The van der Waals surface area contributed by atoms with Gasteiger partial charge in [0.15, 0.2) is 0 Å². The van der Waals surface area contributed by atoms with E-state index in [1.807, 2.05) is 18.2 Å². The largest absolute Gasteiger partial charge is 0.369 e. The minimum absolute atomic E-state index is 0.246. The van der Waals surface area contributed by atoms with Crippen LogP contribution in [-0.4, -0.2) is 35.0 Å². The molecule has 1 aliphatic rings. The third-order valence-electron chi connectivity index (χ3n) is 5.78. The summed E-state index contributed by atoms with van der Waals surface area (Å²) in [6, 6.07) is 24.8. The van der Waals surface area contributed by atoms with Gasteiger partial charge in [-0.25, -0.2) is 9.97 Å². The molecule has 6 nitrogen and oxygen atoms in total. The number of primary amides is 1. The van der Waals surface area contributed by atoms with Crippen LogP contribution in [0.3, 0.4) is 0 Å². The summed E-state index contributed by atoms with van der Waals surface area (Å²) in [6.45, 7) is 1.84. The van der Waals surface area contributed by atoms with Crippen molar-refractivity contribution >= 4 is 28.3 Å². The zero-order valence-electron chi connectivity index (χ0n) is 17.0. The van der Waals surface area contributed by atoms with E-state index >= 15 is 0 Å². The first-order valence-electron chi connectivity index (χ1n) is 10.4. The highest BCUT2D eigenvalue weighted by molar-refractivity contribution is 6.06. The lowest BCUT2D eigenvalue weighted by molar-refractivity contribution is 0.100. The van der Waals surface area contributed by atoms with Crippen LogP contribution in [0.5, 0.6) is 0 Å². The quantitative estimate of drug-likeness (QED) is 0.519. The number of aromatic nitrogens is 2. The summed E-state index contributed by atoms with van der Waals surface area (Å²) in [4.78, 5) is 22.8. The van der Waals surface area contributed by atoms with E-state index < -0.39 is 5.91 Å². The van der Waals surface area contributed by atoms with Gasteiger partial charge in [-0.3, -0.25) is 4.79 Å². The van der Waals surface area contributed by atoms with E-state index in [9.17, 15) is 4.79 Å². The monoisotopic (exact) mass is 409 g/mol. The third kappa shape index (κ3) is 3.80. The highest BCUT2D eigenvalue weighted by atomic mass is 16.1. The lowest BCUT2D eigenvalue weighted by Gasteiger charge is -2.20. The van der Waals surface area contributed by atoms with Crippen molar-refractivity contribution < 1.29 is 4.79 Å². The van der Waals surface area contributed by atoms with E-state index in [2.05, 4.69) is 68.7 Å². The smallest absolute Gasteiger partial charge is 0.250 e. The van der Waals surface area contributed by atoms with Crippen LogP contribution in [0.15, 0.2) is 79.1 Å². The molecule has 3 aromatic carbocycles. The van der Waals surface area contributed by atoms with Crippen molar-refractivity contribution in [1.29, 1.82) is 0 Å². The molecule has 6 heteroatoms. The number of nitrogens with two attached hydrogens (primary N) is 1. The van der Waals surface area contributed by atoms with Crippen molar-refractivity contribution in [2.45, 2.75) is 12.5 Å². The predicted octanol–water partition coefficient (Wildman–Crippen LogP) is 4.09. The van der Waals surface area contributed by atoms with Gasteiger partial charge in [0.1, 0.15) is 12.1 Å². The zero-order valence-corrected chi connectivity index (χ0v) is 17.0. The van der Waals surface area contributed by atoms with Gasteiger partial charge in [0, 0.05) is 30.2 Å². The molecule has 1 amide bonds. The van der Waals surface area contributed by atoms with E-state index in [4.69, 9.17) is 5.73 Å². The summed E-state index contributed by atoms with van der Waals surface area (Å²) in [5, 5.41) is 4.36. The van der Waals surface area contributed by atoms with Gasteiger partial charge in [-0.1, -0.05) is 48.5 Å². The molecule has 0 saturated carbocycles. The van der Waals surface area contributed by atoms with Crippen LogP contribution < -0.4 is 16.0 Å². The molecule has 154 valence electrons. The molecule has 1 atom stereocenters. The molecular formula is C25H23N5O. The molecule has 1 aromatic heterocycles. The zero-order chi connectivity index (χ0) is 21.2. The number of nitrogens with zero attached hydrogens (tertiary/aromatic N) is 3. The maximum absolute atomic E-state index is 11.7. The molecule has 0 aliphatic carbocycles. The number of nitrogens with one attached hydrogen (secondary N) is 1. The Morgan fingerprint density at radius 1 is 0.968 bits per heavy atom. The number of rotatable bonds is 5. The summed E-state index contributed by atoms with van der Waals surface area (Å²) in [5.41, 5.74) is 10.1. The molecule has 1 saturated heterocycles. The molecule has 1 aliphatic heterocycles. The standard InChI is InChI=1S/C25H23N5O/c26-24(31)21-10-5-11-22-23(21)27-16-28-25(22)29-19-12-13-30(15-19)20-9-4-8-18(14-20)17-6-2-1-3-7-17/h1-11,14,16,19H,12-13,15H2,(H2,26,31)(H,27,28,29). The number of hydrogen-bond donors (Lipinski definition) is 2. The number of amides is 1. The van der Waals surface area contributed by atoms with E-state index in [-0.39, 0.29) is 6.04 Å². The highest BCUT2D eigenvalue weighted by Gasteiger charge is 2.24.